The van der Waals surface area contributed by atoms with Crippen molar-refractivity contribution >= 4 is 5.91 Å². The monoisotopic (exact) mass is 305 g/mol. The van der Waals surface area contributed by atoms with Gasteiger partial charge in [0.25, 0.3) is 0 Å². The van der Waals surface area contributed by atoms with Crippen molar-refractivity contribution in [3.05, 3.63) is 29.8 Å². The van der Waals surface area contributed by atoms with Crippen molar-refractivity contribution in [2.75, 3.05) is 39.8 Å². The van der Waals surface area contributed by atoms with Gasteiger partial charge in [-0.15, -0.1) is 0 Å². The van der Waals surface area contributed by atoms with E-state index in [1.54, 1.807) is 7.11 Å². The number of nitrogens with zero attached hydrogens (tertiary/aromatic N) is 1. The fraction of sp³-hybridized carbons (Fsp3) is 0.588. The quantitative estimate of drug-likeness (QED) is 0.762. The molecule has 122 valence electrons. The third-order valence-corrected chi connectivity index (χ3v) is 4.35. The maximum atomic E-state index is 12.1. The fourth-order valence-electron chi connectivity index (χ4n) is 2.79. The zero-order valence-corrected chi connectivity index (χ0v) is 13.8. The number of methoxy groups -OCH3 is 1. The van der Waals surface area contributed by atoms with Crippen LogP contribution in [0.2, 0.25) is 0 Å². The molecule has 5 heteroatoms. The molecule has 0 bridgehead atoms. The Morgan fingerprint density at radius 1 is 1.41 bits per heavy atom. The minimum absolute atomic E-state index is 0.127. The highest BCUT2D eigenvalue weighted by molar-refractivity contribution is 5.80. The number of likely N-dealkylation sites (N-methyl/N-ethyl adjacent to an activating group) is 1. The molecule has 0 radical (unpaired) electrons. The van der Waals surface area contributed by atoms with Gasteiger partial charge in [-0.3, -0.25) is 9.69 Å². The number of rotatable bonds is 8. The van der Waals surface area contributed by atoms with Crippen LogP contribution in [-0.2, 0) is 4.79 Å². The Morgan fingerprint density at radius 3 is 2.68 bits per heavy atom. The molecule has 1 amide bonds. The van der Waals surface area contributed by atoms with E-state index < -0.39 is 0 Å². The van der Waals surface area contributed by atoms with Gasteiger partial charge in [0.1, 0.15) is 5.75 Å². The average molecular weight is 305 g/mol. The molecule has 1 unspecified atom stereocenters. The summed E-state index contributed by atoms with van der Waals surface area (Å²) in [6.45, 7) is 8.40. The number of ether oxygens (including phenoxy) is 1. The van der Waals surface area contributed by atoms with Crippen molar-refractivity contribution in [2.24, 2.45) is 5.92 Å². The first-order chi connectivity index (χ1) is 10.7. The molecule has 1 aromatic rings. The van der Waals surface area contributed by atoms with Gasteiger partial charge < -0.3 is 15.4 Å². The van der Waals surface area contributed by atoms with Crippen LogP contribution in [-0.4, -0.2) is 50.6 Å². The topological polar surface area (TPSA) is 53.6 Å². The van der Waals surface area contributed by atoms with Crippen molar-refractivity contribution in [2.45, 2.75) is 19.9 Å². The summed E-state index contributed by atoms with van der Waals surface area (Å²) >= 11 is 0. The van der Waals surface area contributed by atoms with Gasteiger partial charge in [0.2, 0.25) is 5.91 Å². The normalized spacial score (nSPS) is 16.2. The number of nitrogens with one attached hydrogen (secondary N) is 2. The van der Waals surface area contributed by atoms with E-state index in [0.29, 0.717) is 6.54 Å². The van der Waals surface area contributed by atoms with Crippen LogP contribution < -0.4 is 15.4 Å². The second-order valence-corrected chi connectivity index (χ2v) is 5.61. The van der Waals surface area contributed by atoms with Crippen molar-refractivity contribution in [3.63, 3.8) is 0 Å². The predicted molar refractivity (Wildman–Crippen MR) is 88.0 cm³/mol. The summed E-state index contributed by atoms with van der Waals surface area (Å²) in [5.41, 5.74) is 1.18. The van der Waals surface area contributed by atoms with Crippen molar-refractivity contribution < 1.29 is 9.53 Å². The molecule has 1 aromatic carbocycles. The summed E-state index contributed by atoms with van der Waals surface area (Å²) in [4.78, 5) is 14.4. The van der Waals surface area contributed by atoms with Crippen molar-refractivity contribution in [3.8, 4) is 5.75 Å². The molecule has 1 aliphatic rings. The largest absolute Gasteiger partial charge is 0.497 e. The number of hydrogen-bond donors (Lipinski definition) is 2. The van der Waals surface area contributed by atoms with E-state index in [1.807, 2.05) is 12.1 Å². The number of benzene rings is 1. The van der Waals surface area contributed by atoms with Crippen molar-refractivity contribution in [1.29, 1.82) is 0 Å². The molecular formula is C17H27N3O2. The molecule has 5 nitrogen and oxygen atoms in total. The van der Waals surface area contributed by atoms with E-state index in [9.17, 15) is 4.79 Å². The number of amides is 1. The minimum atomic E-state index is 0.127. The molecule has 1 fully saturated rings. The zero-order chi connectivity index (χ0) is 15.9. The molecule has 1 heterocycles. The van der Waals surface area contributed by atoms with Gasteiger partial charge in [0, 0.05) is 19.6 Å². The van der Waals surface area contributed by atoms with E-state index in [-0.39, 0.29) is 17.9 Å². The van der Waals surface area contributed by atoms with E-state index in [2.05, 4.69) is 41.5 Å². The van der Waals surface area contributed by atoms with Gasteiger partial charge in [-0.1, -0.05) is 26.0 Å². The van der Waals surface area contributed by atoms with Crippen LogP contribution in [0.3, 0.4) is 0 Å². The van der Waals surface area contributed by atoms with E-state index >= 15 is 0 Å². The van der Waals surface area contributed by atoms with E-state index in [1.165, 1.54) is 5.56 Å². The first-order valence-electron chi connectivity index (χ1n) is 8.06. The molecule has 1 atom stereocenters. The Balaban J connectivity index is 2.09. The molecule has 0 aromatic heterocycles. The Bertz CT molecular complexity index is 485. The molecule has 2 rings (SSSR count). The van der Waals surface area contributed by atoms with Gasteiger partial charge in [0.05, 0.1) is 19.1 Å². The second-order valence-electron chi connectivity index (χ2n) is 5.61. The van der Waals surface area contributed by atoms with Crippen LogP contribution in [0.25, 0.3) is 0 Å². The van der Waals surface area contributed by atoms with Crippen LogP contribution >= 0.6 is 0 Å². The summed E-state index contributed by atoms with van der Waals surface area (Å²) in [5.74, 6) is 1.13. The van der Waals surface area contributed by atoms with E-state index in [4.69, 9.17) is 4.74 Å². The van der Waals surface area contributed by atoms with Gasteiger partial charge in [0.15, 0.2) is 0 Å². The SMILES string of the molecule is CCN(CC)C(CNC(=O)C1CNC1)c1cccc(OC)c1. The van der Waals surface area contributed by atoms with Gasteiger partial charge in [-0.2, -0.15) is 0 Å². The third kappa shape index (κ3) is 3.99. The van der Waals surface area contributed by atoms with E-state index in [0.717, 1.165) is 31.9 Å². The lowest BCUT2D eigenvalue weighted by Crippen LogP contribution is -2.52. The van der Waals surface area contributed by atoms with Gasteiger partial charge in [-0.25, -0.2) is 0 Å². The lowest BCUT2D eigenvalue weighted by molar-refractivity contribution is -0.126. The smallest absolute Gasteiger partial charge is 0.225 e. The average Bonchev–Trinajstić information content (AvgIpc) is 2.49. The molecule has 0 saturated carbocycles. The summed E-state index contributed by atoms with van der Waals surface area (Å²) in [6, 6.07) is 8.27. The summed E-state index contributed by atoms with van der Waals surface area (Å²) in [7, 11) is 1.68. The van der Waals surface area contributed by atoms with Crippen LogP contribution in [0.15, 0.2) is 24.3 Å². The van der Waals surface area contributed by atoms with Gasteiger partial charge in [-0.05, 0) is 30.8 Å². The first-order valence-corrected chi connectivity index (χ1v) is 8.06. The molecule has 2 N–H and O–H groups in total. The first kappa shape index (κ1) is 16.8. The molecule has 22 heavy (non-hydrogen) atoms. The Labute approximate surface area is 133 Å². The van der Waals surface area contributed by atoms with Gasteiger partial charge >= 0.3 is 0 Å². The molecule has 1 saturated heterocycles. The highest BCUT2D eigenvalue weighted by atomic mass is 16.5. The zero-order valence-electron chi connectivity index (χ0n) is 13.8. The molecule has 0 spiro atoms. The summed E-state index contributed by atoms with van der Waals surface area (Å²) < 4.78 is 5.33. The summed E-state index contributed by atoms with van der Waals surface area (Å²) in [6.07, 6.45) is 0. The Hall–Kier alpha value is -1.59. The lowest BCUT2D eigenvalue weighted by atomic mass is 10.0. The fourth-order valence-corrected chi connectivity index (χ4v) is 2.79. The molecule has 0 aliphatic carbocycles. The Kier molecular flexibility index (Phi) is 6.21. The maximum Gasteiger partial charge on any atom is 0.225 e. The van der Waals surface area contributed by atoms with Crippen LogP contribution in [0.4, 0.5) is 0 Å². The second kappa shape index (κ2) is 8.15. The van der Waals surface area contributed by atoms with Crippen LogP contribution in [0, 0.1) is 5.92 Å². The summed E-state index contributed by atoms with van der Waals surface area (Å²) in [5, 5.41) is 6.24. The number of hydrogen-bond acceptors (Lipinski definition) is 4. The van der Waals surface area contributed by atoms with Crippen LogP contribution in [0.5, 0.6) is 5.75 Å². The highest BCUT2D eigenvalue weighted by Crippen LogP contribution is 2.24. The van der Waals surface area contributed by atoms with Crippen LogP contribution in [0.1, 0.15) is 25.5 Å². The third-order valence-electron chi connectivity index (χ3n) is 4.35. The van der Waals surface area contributed by atoms with Crippen molar-refractivity contribution in [1.82, 2.24) is 15.5 Å². The minimum Gasteiger partial charge on any atom is -0.497 e. The molecular weight excluding hydrogens is 278 g/mol. The molecule has 1 aliphatic heterocycles. The lowest BCUT2D eigenvalue weighted by Gasteiger charge is -2.32. The highest BCUT2D eigenvalue weighted by Gasteiger charge is 2.26. The maximum absolute atomic E-state index is 12.1. The number of carbonyl (C=O) groups is 1. The standard InChI is InChI=1S/C17H27N3O2/c1-4-20(5-2)16(12-19-17(21)14-10-18-11-14)13-7-6-8-15(9-13)22-3/h6-9,14,16,18H,4-5,10-12H2,1-3H3,(H,19,21). The number of carbonyl (C=O) groups excluding carboxylic acids is 1. The Morgan fingerprint density at radius 2 is 2.14 bits per heavy atom. The predicted octanol–water partition coefficient (Wildman–Crippen LogP) is 1.41.